The highest BCUT2D eigenvalue weighted by atomic mass is 16.4. The van der Waals surface area contributed by atoms with Crippen LogP contribution in [0.5, 0.6) is 0 Å². The second-order valence-electron chi connectivity index (χ2n) is 4.66. The van der Waals surface area contributed by atoms with Crippen LogP contribution in [-0.4, -0.2) is 23.0 Å². The van der Waals surface area contributed by atoms with Crippen molar-refractivity contribution >= 4 is 11.9 Å². The van der Waals surface area contributed by atoms with Gasteiger partial charge in [0.15, 0.2) is 0 Å². The average Bonchev–Trinajstić information content (AvgIpc) is 2.45. The van der Waals surface area contributed by atoms with Crippen LogP contribution in [0.15, 0.2) is 43.0 Å². The lowest BCUT2D eigenvalue weighted by Gasteiger charge is -2.14. The molecule has 1 aromatic carbocycles. The SMILES string of the molecule is C=CCCC(=O)NC(CCCc1ccccc1)C(=O)O. The van der Waals surface area contributed by atoms with Gasteiger partial charge in [-0.1, -0.05) is 36.4 Å². The first-order valence-corrected chi connectivity index (χ1v) is 6.80. The standard InChI is InChI=1S/C16H21NO3/c1-2-3-12-15(18)17-14(16(19)20)11-7-10-13-8-5-4-6-9-13/h2,4-6,8-9,14H,1,3,7,10-12H2,(H,17,18)(H,19,20). The minimum atomic E-state index is -0.981. The van der Waals surface area contributed by atoms with Gasteiger partial charge in [0, 0.05) is 6.42 Å². The van der Waals surface area contributed by atoms with Gasteiger partial charge >= 0.3 is 5.97 Å². The summed E-state index contributed by atoms with van der Waals surface area (Å²) in [6, 6.07) is 9.08. The Morgan fingerprint density at radius 3 is 2.60 bits per heavy atom. The summed E-state index contributed by atoms with van der Waals surface area (Å²) in [5.41, 5.74) is 1.18. The number of carbonyl (C=O) groups excluding carboxylic acids is 1. The van der Waals surface area contributed by atoms with Crippen molar-refractivity contribution in [3.8, 4) is 0 Å². The van der Waals surface area contributed by atoms with Crippen LogP contribution < -0.4 is 5.32 Å². The van der Waals surface area contributed by atoms with Crippen molar-refractivity contribution in [3.05, 3.63) is 48.6 Å². The third kappa shape index (κ3) is 6.18. The molecule has 2 N–H and O–H groups in total. The van der Waals surface area contributed by atoms with Crippen LogP contribution in [0.2, 0.25) is 0 Å². The Labute approximate surface area is 119 Å². The molecular formula is C16H21NO3. The zero-order valence-electron chi connectivity index (χ0n) is 11.5. The summed E-state index contributed by atoms with van der Waals surface area (Å²) in [6.07, 6.45) is 4.46. The van der Waals surface area contributed by atoms with Crippen molar-refractivity contribution in [1.82, 2.24) is 5.32 Å². The molecule has 1 unspecified atom stereocenters. The average molecular weight is 275 g/mol. The normalized spacial score (nSPS) is 11.6. The molecule has 4 heteroatoms. The molecule has 0 aromatic heterocycles. The maximum atomic E-state index is 11.5. The third-order valence-electron chi connectivity index (χ3n) is 3.01. The molecule has 0 fully saturated rings. The van der Waals surface area contributed by atoms with Crippen LogP contribution in [-0.2, 0) is 16.0 Å². The van der Waals surface area contributed by atoms with E-state index in [-0.39, 0.29) is 12.3 Å². The number of hydrogen-bond donors (Lipinski definition) is 2. The summed E-state index contributed by atoms with van der Waals surface area (Å²) >= 11 is 0. The van der Waals surface area contributed by atoms with E-state index in [1.165, 1.54) is 5.56 Å². The summed E-state index contributed by atoms with van der Waals surface area (Å²) in [4.78, 5) is 22.6. The molecule has 0 aliphatic carbocycles. The number of rotatable bonds is 9. The largest absolute Gasteiger partial charge is 0.480 e. The van der Waals surface area contributed by atoms with Crippen LogP contribution >= 0.6 is 0 Å². The Morgan fingerprint density at radius 1 is 1.30 bits per heavy atom. The monoisotopic (exact) mass is 275 g/mol. The van der Waals surface area contributed by atoms with Crippen molar-refractivity contribution in [2.75, 3.05) is 0 Å². The molecule has 1 amide bonds. The van der Waals surface area contributed by atoms with E-state index in [1.807, 2.05) is 30.3 Å². The van der Waals surface area contributed by atoms with Gasteiger partial charge in [0.2, 0.25) is 5.91 Å². The highest BCUT2D eigenvalue weighted by Gasteiger charge is 2.18. The lowest BCUT2D eigenvalue weighted by Crippen LogP contribution is -2.40. The number of carbonyl (C=O) groups is 2. The number of aliphatic carboxylic acids is 1. The fraction of sp³-hybridized carbons (Fsp3) is 0.375. The van der Waals surface area contributed by atoms with Crippen LogP contribution in [0.3, 0.4) is 0 Å². The lowest BCUT2D eigenvalue weighted by atomic mass is 10.0. The topological polar surface area (TPSA) is 66.4 Å². The Morgan fingerprint density at radius 2 is 2.00 bits per heavy atom. The van der Waals surface area contributed by atoms with E-state index in [9.17, 15) is 9.59 Å². The van der Waals surface area contributed by atoms with Gasteiger partial charge in [-0.05, 0) is 31.2 Å². The van der Waals surface area contributed by atoms with Crippen LogP contribution in [0.1, 0.15) is 31.2 Å². The molecule has 1 rings (SSSR count). The molecule has 0 spiro atoms. The van der Waals surface area contributed by atoms with Crippen molar-refractivity contribution in [2.24, 2.45) is 0 Å². The number of carboxylic acid groups (broad SMARTS) is 1. The second kappa shape index (κ2) is 8.91. The van der Waals surface area contributed by atoms with Crippen molar-refractivity contribution in [3.63, 3.8) is 0 Å². The van der Waals surface area contributed by atoms with Crippen molar-refractivity contribution in [1.29, 1.82) is 0 Å². The van der Waals surface area contributed by atoms with Gasteiger partial charge in [-0.15, -0.1) is 6.58 Å². The van der Waals surface area contributed by atoms with E-state index >= 15 is 0 Å². The predicted octanol–water partition coefficient (Wildman–Crippen LogP) is 2.54. The van der Waals surface area contributed by atoms with Crippen molar-refractivity contribution < 1.29 is 14.7 Å². The molecule has 1 atom stereocenters. The van der Waals surface area contributed by atoms with Gasteiger partial charge < -0.3 is 10.4 Å². The lowest BCUT2D eigenvalue weighted by molar-refractivity contribution is -0.142. The number of hydrogen-bond acceptors (Lipinski definition) is 2. The molecule has 0 aliphatic rings. The molecule has 0 saturated carbocycles. The van der Waals surface area contributed by atoms with Gasteiger partial charge in [0.1, 0.15) is 6.04 Å². The summed E-state index contributed by atoms with van der Waals surface area (Å²) < 4.78 is 0. The van der Waals surface area contributed by atoms with Gasteiger partial charge in [-0.3, -0.25) is 4.79 Å². The highest BCUT2D eigenvalue weighted by Crippen LogP contribution is 2.07. The number of aryl methyl sites for hydroxylation is 1. The number of allylic oxidation sites excluding steroid dienone is 1. The second-order valence-corrected chi connectivity index (χ2v) is 4.66. The smallest absolute Gasteiger partial charge is 0.326 e. The van der Waals surface area contributed by atoms with Gasteiger partial charge in [0.05, 0.1) is 0 Å². The number of carboxylic acids is 1. The zero-order valence-corrected chi connectivity index (χ0v) is 11.5. The van der Waals surface area contributed by atoms with E-state index in [2.05, 4.69) is 11.9 Å². The first-order chi connectivity index (χ1) is 9.63. The number of benzene rings is 1. The van der Waals surface area contributed by atoms with E-state index < -0.39 is 12.0 Å². The Balaban J connectivity index is 2.37. The first kappa shape index (κ1) is 16.0. The van der Waals surface area contributed by atoms with Crippen LogP contribution in [0, 0.1) is 0 Å². The first-order valence-electron chi connectivity index (χ1n) is 6.80. The molecule has 20 heavy (non-hydrogen) atoms. The highest BCUT2D eigenvalue weighted by molar-refractivity contribution is 5.83. The molecule has 0 heterocycles. The van der Waals surface area contributed by atoms with Crippen LogP contribution in [0.25, 0.3) is 0 Å². The fourth-order valence-corrected chi connectivity index (χ4v) is 1.91. The predicted molar refractivity (Wildman–Crippen MR) is 78.4 cm³/mol. The summed E-state index contributed by atoms with van der Waals surface area (Å²) in [7, 11) is 0. The molecule has 4 nitrogen and oxygen atoms in total. The van der Waals surface area contributed by atoms with E-state index in [1.54, 1.807) is 6.08 Å². The van der Waals surface area contributed by atoms with Gasteiger partial charge in [-0.25, -0.2) is 4.79 Å². The molecule has 1 aromatic rings. The fourth-order valence-electron chi connectivity index (χ4n) is 1.91. The molecule has 0 bridgehead atoms. The molecule has 0 saturated heterocycles. The maximum Gasteiger partial charge on any atom is 0.326 e. The Hall–Kier alpha value is -2.10. The molecule has 108 valence electrons. The Bertz CT molecular complexity index is 442. The van der Waals surface area contributed by atoms with E-state index in [0.717, 1.165) is 12.8 Å². The minimum absolute atomic E-state index is 0.239. The Kier molecular flexibility index (Phi) is 7.11. The van der Waals surface area contributed by atoms with Crippen molar-refractivity contribution in [2.45, 2.75) is 38.1 Å². The zero-order chi connectivity index (χ0) is 14.8. The van der Waals surface area contributed by atoms with Gasteiger partial charge in [-0.2, -0.15) is 0 Å². The molecule has 0 radical (unpaired) electrons. The van der Waals surface area contributed by atoms with Crippen LogP contribution in [0.4, 0.5) is 0 Å². The van der Waals surface area contributed by atoms with E-state index in [4.69, 9.17) is 5.11 Å². The minimum Gasteiger partial charge on any atom is -0.480 e. The quantitative estimate of drug-likeness (QED) is 0.681. The number of nitrogens with one attached hydrogen (secondary N) is 1. The third-order valence-corrected chi connectivity index (χ3v) is 3.01. The maximum absolute atomic E-state index is 11.5. The molecule has 0 aliphatic heterocycles. The number of amides is 1. The summed E-state index contributed by atoms with van der Waals surface area (Å²) in [5.74, 6) is -1.22. The molecular weight excluding hydrogens is 254 g/mol. The summed E-state index contributed by atoms with van der Waals surface area (Å²) in [6.45, 7) is 3.53. The van der Waals surface area contributed by atoms with E-state index in [0.29, 0.717) is 12.8 Å². The van der Waals surface area contributed by atoms with Gasteiger partial charge in [0.25, 0.3) is 0 Å². The summed E-state index contributed by atoms with van der Waals surface area (Å²) in [5, 5.41) is 11.7.